The second kappa shape index (κ2) is 9.41. The van der Waals surface area contributed by atoms with Crippen molar-refractivity contribution in [1.82, 2.24) is 14.5 Å². The number of ether oxygens (including phenoxy) is 2. The summed E-state index contributed by atoms with van der Waals surface area (Å²) in [6.07, 6.45) is 1.17. The first-order valence-corrected chi connectivity index (χ1v) is 12.2. The van der Waals surface area contributed by atoms with Gasteiger partial charge in [-0.05, 0) is 49.2 Å². The first-order valence-electron chi connectivity index (χ1n) is 9.97. The van der Waals surface area contributed by atoms with Gasteiger partial charge in [-0.2, -0.15) is 4.31 Å². The predicted octanol–water partition coefficient (Wildman–Crippen LogP) is 3.47. The van der Waals surface area contributed by atoms with Crippen LogP contribution in [0.4, 0.5) is 10.1 Å². The lowest BCUT2D eigenvalue weighted by molar-refractivity contribution is 0.102. The highest BCUT2D eigenvalue weighted by molar-refractivity contribution is 7.89. The summed E-state index contributed by atoms with van der Waals surface area (Å²) in [4.78, 5) is 12.5. The summed E-state index contributed by atoms with van der Waals surface area (Å²) in [5.41, 5.74) is 0.411. The number of amides is 1. The van der Waals surface area contributed by atoms with Crippen molar-refractivity contribution in [3.8, 4) is 11.5 Å². The van der Waals surface area contributed by atoms with E-state index in [4.69, 9.17) is 9.47 Å². The SMILES string of the molecule is COc1ccc(OC)c(S(=O)(=O)N2CCC[C@H]2c2nnc(C(=O)Nc3ccc(F)cc3)s2)c1. The molecular formula is C21H21FN4O5S2. The van der Waals surface area contributed by atoms with E-state index in [-0.39, 0.29) is 15.7 Å². The maximum atomic E-state index is 13.5. The van der Waals surface area contributed by atoms with Gasteiger partial charge in [0.25, 0.3) is 5.91 Å². The van der Waals surface area contributed by atoms with Crippen molar-refractivity contribution >= 4 is 33.0 Å². The molecule has 1 saturated heterocycles. The average molecular weight is 493 g/mol. The summed E-state index contributed by atoms with van der Waals surface area (Å²) < 4.78 is 51.9. The van der Waals surface area contributed by atoms with Gasteiger partial charge in [-0.15, -0.1) is 10.2 Å². The van der Waals surface area contributed by atoms with E-state index < -0.39 is 27.8 Å². The van der Waals surface area contributed by atoms with Crippen molar-refractivity contribution in [3.63, 3.8) is 0 Å². The fourth-order valence-corrected chi connectivity index (χ4v) is 6.35. The van der Waals surface area contributed by atoms with Crippen LogP contribution in [0.5, 0.6) is 11.5 Å². The minimum atomic E-state index is -3.94. The number of carbonyl (C=O) groups excluding carboxylic acids is 1. The lowest BCUT2D eigenvalue weighted by Gasteiger charge is -2.23. The number of benzene rings is 2. The quantitative estimate of drug-likeness (QED) is 0.538. The molecule has 1 aliphatic rings. The molecule has 2 aromatic carbocycles. The minimum absolute atomic E-state index is 0.00459. The molecule has 9 nitrogen and oxygen atoms in total. The maximum Gasteiger partial charge on any atom is 0.286 e. The van der Waals surface area contributed by atoms with Gasteiger partial charge in [-0.25, -0.2) is 12.8 Å². The second-order valence-electron chi connectivity index (χ2n) is 7.20. The monoisotopic (exact) mass is 492 g/mol. The highest BCUT2D eigenvalue weighted by atomic mass is 32.2. The fourth-order valence-electron chi connectivity index (χ4n) is 3.57. The van der Waals surface area contributed by atoms with Crippen LogP contribution < -0.4 is 14.8 Å². The Morgan fingerprint density at radius 2 is 1.91 bits per heavy atom. The third-order valence-corrected chi connectivity index (χ3v) is 8.14. The van der Waals surface area contributed by atoms with Crippen LogP contribution >= 0.6 is 11.3 Å². The average Bonchev–Trinajstić information content (AvgIpc) is 3.50. The fraction of sp³-hybridized carbons (Fsp3) is 0.286. The van der Waals surface area contributed by atoms with E-state index in [0.29, 0.717) is 35.8 Å². The van der Waals surface area contributed by atoms with Gasteiger partial charge in [-0.1, -0.05) is 11.3 Å². The number of methoxy groups -OCH3 is 2. The number of nitrogens with one attached hydrogen (secondary N) is 1. The van der Waals surface area contributed by atoms with Gasteiger partial charge >= 0.3 is 0 Å². The summed E-state index contributed by atoms with van der Waals surface area (Å²) in [6.45, 7) is 0.296. The molecule has 2 heterocycles. The Bertz CT molecular complexity index is 1260. The molecule has 1 atom stereocenters. The summed E-state index contributed by atoms with van der Waals surface area (Å²) in [7, 11) is -1.09. The van der Waals surface area contributed by atoms with E-state index in [2.05, 4.69) is 15.5 Å². The zero-order valence-electron chi connectivity index (χ0n) is 17.8. The molecule has 1 aromatic heterocycles. The molecule has 0 bridgehead atoms. The van der Waals surface area contributed by atoms with Crippen molar-refractivity contribution in [3.05, 3.63) is 58.3 Å². The van der Waals surface area contributed by atoms with E-state index >= 15 is 0 Å². The molecule has 3 aromatic rings. The summed E-state index contributed by atoms with van der Waals surface area (Å²) in [5, 5.41) is 11.2. The van der Waals surface area contributed by atoms with Crippen LogP contribution in [0.2, 0.25) is 0 Å². The maximum absolute atomic E-state index is 13.5. The Morgan fingerprint density at radius 3 is 2.61 bits per heavy atom. The minimum Gasteiger partial charge on any atom is -0.497 e. The third kappa shape index (κ3) is 4.68. The van der Waals surface area contributed by atoms with Gasteiger partial charge in [-0.3, -0.25) is 4.79 Å². The van der Waals surface area contributed by atoms with Crippen molar-refractivity contribution in [2.75, 3.05) is 26.1 Å². The van der Waals surface area contributed by atoms with Gasteiger partial charge in [0.15, 0.2) is 0 Å². The van der Waals surface area contributed by atoms with Crippen LogP contribution in [0.1, 0.15) is 33.7 Å². The zero-order valence-corrected chi connectivity index (χ0v) is 19.5. The molecule has 174 valence electrons. The second-order valence-corrected chi connectivity index (χ2v) is 10.1. The lowest BCUT2D eigenvalue weighted by Crippen LogP contribution is -2.31. The van der Waals surface area contributed by atoms with Crippen LogP contribution in [-0.4, -0.2) is 49.6 Å². The molecule has 4 rings (SSSR count). The van der Waals surface area contributed by atoms with E-state index in [9.17, 15) is 17.6 Å². The van der Waals surface area contributed by atoms with Gasteiger partial charge < -0.3 is 14.8 Å². The Balaban J connectivity index is 1.58. The van der Waals surface area contributed by atoms with Crippen molar-refractivity contribution in [2.24, 2.45) is 0 Å². The largest absolute Gasteiger partial charge is 0.497 e. The Labute approximate surface area is 194 Å². The predicted molar refractivity (Wildman–Crippen MR) is 120 cm³/mol. The van der Waals surface area contributed by atoms with Crippen LogP contribution in [-0.2, 0) is 10.0 Å². The van der Waals surface area contributed by atoms with Gasteiger partial charge in [0.05, 0.1) is 20.3 Å². The van der Waals surface area contributed by atoms with Gasteiger partial charge in [0.2, 0.25) is 15.0 Å². The molecule has 1 fully saturated rings. The number of rotatable bonds is 7. The number of hydrogen-bond donors (Lipinski definition) is 1. The number of nitrogens with zero attached hydrogens (tertiary/aromatic N) is 3. The zero-order chi connectivity index (χ0) is 23.6. The van der Waals surface area contributed by atoms with E-state index in [1.807, 2.05) is 0 Å². The number of anilines is 1. The Hall–Kier alpha value is -3.09. The summed E-state index contributed by atoms with van der Waals surface area (Å²) in [5.74, 6) is -0.326. The molecular weight excluding hydrogens is 471 g/mol. The molecule has 1 aliphatic heterocycles. The number of aromatic nitrogens is 2. The smallest absolute Gasteiger partial charge is 0.286 e. The number of carbonyl (C=O) groups is 1. The normalized spacial score (nSPS) is 16.5. The summed E-state index contributed by atoms with van der Waals surface area (Å²) in [6, 6.07) is 9.35. The first-order chi connectivity index (χ1) is 15.8. The van der Waals surface area contributed by atoms with E-state index in [1.54, 1.807) is 12.1 Å². The van der Waals surface area contributed by atoms with E-state index in [0.717, 1.165) is 11.3 Å². The van der Waals surface area contributed by atoms with E-state index in [1.165, 1.54) is 48.9 Å². The van der Waals surface area contributed by atoms with Crippen molar-refractivity contribution < 1.29 is 27.1 Å². The third-order valence-electron chi connectivity index (χ3n) is 5.18. The molecule has 0 unspecified atom stereocenters. The molecule has 0 aliphatic carbocycles. The first kappa shape index (κ1) is 23.1. The Morgan fingerprint density at radius 1 is 1.15 bits per heavy atom. The van der Waals surface area contributed by atoms with Crippen LogP contribution in [0.25, 0.3) is 0 Å². The molecule has 1 amide bonds. The Kier molecular flexibility index (Phi) is 6.58. The highest BCUT2D eigenvalue weighted by Crippen LogP contribution is 2.40. The van der Waals surface area contributed by atoms with Crippen molar-refractivity contribution in [1.29, 1.82) is 0 Å². The van der Waals surface area contributed by atoms with Crippen LogP contribution in [0, 0.1) is 5.82 Å². The summed E-state index contributed by atoms with van der Waals surface area (Å²) >= 11 is 1.02. The number of halogens is 1. The van der Waals surface area contributed by atoms with Gasteiger partial charge in [0.1, 0.15) is 27.2 Å². The van der Waals surface area contributed by atoms with Crippen LogP contribution in [0.3, 0.4) is 0 Å². The number of sulfonamides is 1. The molecule has 0 saturated carbocycles. The van der Waals surface area contributed by atoms with Crippen molar-refractivity contribution in [2.45, 2.75) is 23.8 Å². The molecule has 12 heteroatoms. The molecule has 0 radical (unpaired) electrons. The molecule has 33 heavy (non-hydrogen) atoms. The topological polar surface area (TPSA) is 111 Å². The highest BCUT2D eigenvalue weighted by Gasteiger charge is 2.40. The van der Waals surface area contributed by atoms with Crippen LogP contribution in [0.15, 0.2) is 47.4 Å². The molecule has 0 spiro atoms. The van der Waals surface area contributed by atoms with Gasteiger partial charge in [0, 0.05) is 18.3 Å². The standard InChI is InChI=1S/C21H21FN4O5S2/c1-30-15-9-10-17(31-2)18(12-15)33(28,29)26-11-3-4-16(26)20-24-25-21(32-20)19(27)23-14-7-5-13(22)6-8-14/h5-10,12,16H,3-4,11H2,1-2H3,(H,23,27)/t16-/m0/s1. The lowest BCUT2D eigenvalue weighted by atomic mass is 10.2. The molecule has 1 N–H and O–H groups in total. The number of hydrogen-bond acceptors (Lipinski definition) is 8.